The lowest BCUT2D eigenvalue weighted by Gasteiger charge is -2.55. The Hall–Kier alpha value is -3.26. The van der Waals surface area contributed by atoms with Gasteiger partial charge in [0.1, 0.15) is 18.8 Å². The molecule has 3 N–H and O–H groups in total. The number of hydrogen-bond acceptors (Lipinski definition) is 12. The van der Waals surface area contributed by atoms with Gasteiger partial charge < -0.3 is 24.3 Å². The molecule has 0 aromatic heterocycles. The Kier molecular flexibility index (Phi) is 14.9. The molecule has 0 radical (unpaired) electrons. The van der Waals surface area contributed by atoms with E-state index in [9.17, 15) is 28.8 Å². The number of nitrogens with one attached hydrogen (secondary N) is 3. The van der Waals surface area contributed by atoms with Gasteiger partial charge in [-0.3, -0.25) is 39.5 Å². The van der Waals surface area contributed by atoms with Crippen LogP contribution in [0.25, 0.3) is 0 Å². The number of amides is 3. The Morgan fingerprint density at radius 2 is 1.30 bits per heavy atom. The quantitative estimate of drug-likeness (QED) is 0.153. The molecule has 14 nitrogen and oxygen atoms in total. The number of esters is 4. The third-order valence-electron chi connectivity index (χ3n) is 9.15. The summed E-state index contributed by atoms with van der Waals surface area (Å²) in [5.41, 5.74) is 0. The van der Waals surface area contributed by atoms with E-state index in [0.29, 0.717) is 37.5 Å². The number of imide groups is 1. The zero-order chi connectivity index (χ0) is 34.7. The summed E-state index contributed by atoms with van der Waals surface area (Å²) in [5, 5.41) is 8.63. The van der Waals surface area contributed by atoms with E-state index in [-0.39, 0.29) is 44.3 Å². The van der Waals surface area contributed by atoms with Gasteiger partial charge >= 0.3 is 29.9 Å². The van der Waals surface area contributed by atoms with Crippen LogP contribution >= 0.6 is 0 Å². The average Bonchev–Trinajstić information content (AvgIpc) is 2.99. The lowest BCUT2D eigenvalue weighted by Crippen LogP contribution is -2.80. The molecule has 0 aromatic rings. The first-order valence-corrected chi connectivity index (χ1v) is 17.3. The van der Waals surface area contributed by atoms with Gasteiger partial charge in [0.25, 0.3) is 0 Å². The fourth-order valence-corrected chi connectivity index (χ4v) is 6.56. The molecule has 3 rings (SSSR count). The Morgan fingerprint density at radius 1 is 0.766 bits per heavy atom. The minimum Gasteiger partial charge on any atom is -0.462 e. The monoisotopic (exact) mass is 666 g/mol. The zero-order valence-electron chi connectivity index (χ0n) is 28.7. The van der Waals surface area contributed by atoms with Gasteiger partial charge in [-0.25, -0.2) is 4.79 Å². The molecule has 3 aliphatic rings. The van der Waals surface area contributed by atoms with Crippen LogP contribution in [0.5, 0.6) is 0 Å². The summed E-state index contributed by atoms with van der Waals surface area (Å²) in [5.74, 6) is -2.08. The number of carbonyl (C=O) groups is 6. The minimum atomic E-state index is -1.36. The minimum absolute atomic E-state index is 0.0477. The fraction of sp³-hybridized carbons (Fsp3) is 0.818. The number of fused-ring (bicyclic) bond motifs is 2. The first-order chi connectivity index (χ1) is 22.4. The summed E-state index contributed by atoms with van der Waals surface area (Å²) in [6.45, 7) is 11.1. The third kappa shape index (κ3) is 10.6. The topological polar surface area (TPSA) is 179 Å². The standard InChI is InChI=1S/C33H54N4O10/c1-7-11-25(38)44-18-24(46-27(40)13-9-3)30(47-28(41)14-10-4)23(45-26(39)12-8-2)17-37-22-16-20(6)19(5)15-21(22)34-29-31(37)35-33(43)36-32(29)42/h19-24,29-31,34H,7-18H2,1-6H3,(H2,35,36,42,43). The van der Waals surface area contributed by atoms with E-state index in [0.717, 1.165) is 12.8 Å². The number of nitrogens with zero attached hydrogens (tertiary/aromatic N) is 1. The van der Waals surface area contributed by atoms with E-state index in [1.165, 1.54) is 0 Å². The molecule has 9 unspecified atom stereocenters. The molecule has 1 saturated carbocycles. The summed E-state index contributed by atoms with van der Waals surface area (Å²) in [6, 6.07) is -1.75. The number of carbonyl (C=O) groups excluding carboxylic acids is 6. The Balaban J connectivity index is 2.09. The van der Waals surface area contributed by atoms with Crippen molar-refractivity contribution in [2.45, 2.75) is 148 Å². The molecule has 2 heterocycles. The van der Waals surface area contributed by atoms with Crippen LogP contribution in [-0.2, 0) is 42.9 Å². The van der Waals surface area contributed by atoms with Crippen molar-refractivity contribution in [3.8, 4) is 0 Å². The van der Waals surface area contributed by atoms with Crippen LogP contribution in [0.4, 0.5) is 4.79 Å². The molecule has 2 saturated heterocycles. The van der Waals surface area contributed by atoms with Crippen molar-refractivity contribution in [1.82, 2.24) is 20.9 Å². The van der Waals surface area contributed by atoms with Crippen LogP contribution in [0.3, 0.4) is 0 Å². The molecule has 2 aliphatic heterocycles. The smallest absolute Gasteiger partial charge is 0.322 e. The third-order valence-corrected chi connectivity index (χ3v) is 9.15. The summed E-state index contributed by atoms with van der Waals surface area (Å²) in [4.78, 5) is 79.2. The second kappa shape index (κ2) is 18.3. The van der Waals surface area contributed by atoms with E-state index in [4.69, 9.17) is 18.9 Å². The molecule has 266 valence electrons. The van der Waals surface area contributed by atoms with Crippen LogP contribution in [-0.4, -0.2) is 96.5 Å². The van der Waals surface area contributed by atoms with Crippen molar-refractivity contribution in [3.05, 3.63) is 0 Å². The highest BCUT2D eigenvalue weighted by atomic mass is 16.6. The molecule has 0 aromatic carbocycles. The van der Waals surface area contributed by atoms with Gasteiger partial charge in [-0.15, -0.1) is 0 Å². The molecule has 9 atom stereocenters. The lowest BCUT2D eigenvalue weighted by molar-refractivity contribution is -0.196. The first kappa shape index (κ1) is 38.2. The second-order valence-corrected chi connectivity index (χ2v) is 13.0. The Morgan fingerprint density at radius 3 is 1.89 bits per heavy atom. The van der Waals surface area contributed by atoms with Gasteiger partial charge in [-0.2, -0.15) is 0 Å². The SMILES string of the molecule is CCCC(=O)OCC(OC(=O)CCC)C(OC(=O)CCC)C(CN1C2CC(C)C(C)CC2NC2C(=O)NC(=O)NC21)OC(=O)CCC. The molecular formula is C33H54N4O10. The molecular weight excluding hydrogens is 612 g/mol. The van der Waals surface area contributed by atoms with Gasteiger partial charge in [-0.05, 0) is 50.4 Å². The van der Waals surface area contributed by atoms with Crippen LogP contribution in [0.15, 0.2) is 0 Å². The van der Waals surface area contributed by atoms with Gasteiger partial charge in [-0.1, -0.05) is 41.5 Å². The van der Waals surface area contributed by atoms with E-state index in [1.54, 1.807) is 0 Å². The van der Waals surface area contributed by atoms with Crippen molar-refractivity contribution in [1.29, 1.82) is 0 Å². The van der Waals surface area contributed by atoms with E-state index < -0.39 is 72.9 Å². The first-order valence-electron chi connectivity index (χ1n) is 17.3. The molecule has 47 heavy (non-hydrogen) atoms. The molecule has 3 amide bonds. The molecule has 14 heteroatoms. The number of piperazine rings is 1. The predicted molar refractivity (Wildman–Crippen MR) is 169 cm³/mol. The second-order valence-electron chi connectivity index (χ2n) is 13.0. The number of rotatable bonds is 17. The predicted octanol–water partition coefficient (Wildman–Crippen LogP) is 2.71. The lowest BCUT2D eigenvalue weighted by atomic mass is 9.73. The highest BCUT2D eigenvalue weighted by Gasteiger charge is 2.52. The number of ether oxygens (including phenoxy) is 4. The molecule has 0 spiro atoms. The fourth-order valence-electron chi connectivity index (χ4n) is 6.56. The van der Waals surface area contributed by atoms with Gasteiger partial charge in [0.05, 0.1) is 0 Å². The van der Waals surface area contributed by atoms with Crippen LogP contribution in [0.1, 0.15) is 106 Å². The summed E-state index contributed by atoms with van der Waals surface area (Å²) < 4.78 is 23.3. The Bertz CT molecular complexity index is 1120. The van der Waals surface area contributed by atoms with Crippen molar-refractivity contribution in [2.24, 2.45) is 11.8 Å². The van der Waals surface area contributed by atoms with Crippen molar-refractivity contribution in [3.63, 3.8) is 0 Å². The van der Waals surface area contributed by atoms with Crippen LogP contribution in [0.2, 0.25) is 0 Å². The van der Waals surface area contributed by atoms with Crippen LogP contribution in [0, 0.1) is 11.8 Å². The van der Waals surface area contributed by atoms with E-state index in [1.807, 2.05) is 32.6 Å². The highest BCUT2D eigenvalue weighted by Crippen LogP contribution is 2.37. The summed E-state index contributed by atoms with van der Waals surface area (Å²) >= 11 is 0. The van der Waals surface area contributed by atoms with Gasteiger partial charge in [0, 0.05) is 44.3 Å². The molecule has 3 fully saturated rings. The molecule has 0 bridgehead atoms. The largest absolute Gasteiger partial charge is 0.462 e. The average molecular weight is 667 g/mol. The van der Waals surface area contributed by atoms with Crippen molar-refractivity contribution >= 4 is 35.8 Å². The summed E-state index contributed by atoms with van der Waals surface area (Å²) in [6.07, 6.45) is -0.863. The van der Waals surface area contributed by atoms with Crippen LogP contribution < -0.4 is 16.0 Å². The maximum absolute atomic E-state index is 13.2. The normalized spacial score (nSPS) is 27.5. The maximum atomic E-state index is 13.2. The highest BCUT2D eigenvalue weighted by molar-refractivity contribution is 6.00. The zero-order valence-corrected chi connectivity index (χ0v) is 28.7. The number of hydrogen-bond donors (Lipinski definition) is 3. The number of urea groups is 1. The molecule has 1 aliphatic carbocycles. The van der Waals surface area contributed by atoms with Crippen molar-refractivity contribution in [2.75, 3.05) is 13.2 Å². The van der Waals surface area contributed by atoms with Crippen molar-refractivity contribution < 1.29 is 47.7 Å². The van der Waals surface area contributed by atoms with E-state index in [2.05, 4.69) is 29.8 Å². The van der Waals surface area contributed by atoms with Gasteiger partial charge in [0.15, 0.2) is 18.3 Å². The van der Waals surface area contributed by atoms with E-state index >= 15 is 0 Å². The summed E-state index contributed by atoms with van der Waals surface area (Å²) in [7, 11) is 0. The Labute approximate surface area is 277 Å². The maximum Gasteiger partial charge on any atom is 0.322 e. The van der Waals surface area contributed by atoms with Gasteiger partial charge in [0.2, 0.25) is 5.91 Å².